The predicted molar refractivity (Wildman–Crippen MR) is 71.6 cm³/mol. The summed E-state index contributed by atoms with van der Waals surface area (Å²) in [7, 11) is 1.62. The number of nitrogens with zero attached hydrogens (tertiary/aromatic N) is 1. The minimum Gasteiger partial charge on any atom is -0.496 e. The van der Waals surface area contributed by atoms with Gasteiger partial charge >= 0.3 is 0 Å². The van der Waals surface area contributed by atoms with Crippen molar-refractivity contribution in [3.63, 3.8) is 0 Å². The number of nitriles is 1. The molecule has 0 heterocycles. The molecule has 92 valence electrons. The SMILES string of the molecule is COc1ccc(C(N)C(C#N)C(C)C)cc1Br. The fraction of sp³-hybridized carbons (Fsp3) is 0.462. The molecule has 3 nitrogen and oxygen atoms in total. The molecule has 2 unspecified atom stereocenters. The van der Waals surface area contributed by atoms with Crippen LogP contribution in [-0.4, -0.2) is 7.11 Å². The van der Waals surface area contributed by atoms with Gasteiger partial charge in [0.15, 0.2) is 0 Å². The van der Waals surface area contributed by atoms with Crippen LogP contribution < -0.4 is 10.5 Å². The molecule has 17 heavy (non-hydrogen) atoms. The predicted octanol–water partition coefficient (Wildman–Crippen LogP) is 3.25. The maximum atomic E-state index is 9.13. The van der Waals surface area contributed by atoms with Crippen LogP contribution in [0.1, 0.15) is 25.5 Å². The van der Waals surface area contributed by atoms with Crippen LogP contribution >= 0.6 is 15.9 Å². The van der Waals surface area contributed by atoms with Gasteiger partial charge in [-0.25, -0.2) is 0 Å². The summed E-state index contributed by atoms with van der Waals surface area (Å²) >= 11 is 3.42. The van der Waals surface area contributed by atoms with Crippen molar-refractivity contribution in [1.29, 1.82) is 5.26 Å². The lowest BCUT2D eigenvalue weighted by atomic mass is 9.86. The Morgan fingerprint density at radius 1 is 1.41 bits per heavy atom. The van der Waals surface area contributed by atoms with Crippen LogP contribution in [0.15, 0.2) is 22.7 Å². The van der Waals surface area contributed by atoms with E-state index in [-0.39, 0.29) is 17.9 Å². The van der Waals surface area contributed by atoms with Gasteiger partial charge in [-0.3, -0.25) is 0 Å². The molecule has 0 radical (unpaired) electrons. The number of hydrogen-bond donors (Lipinski definition) is 1. The first-order chi connectivity index (χ1) is 8.01. The lowest BCUT2D eigenvalue weighted by Crippen LogP contribution is -2.24. The highest BCUT2D eigenvalue weighted by Crippen LogP contribution is 2.31. The highest BCUT2D eigenvalue weighted by molar-refractivity contribution is 9.10. The lowest BCUT2D eigenvalue weighted by molar-refractivity contribution is 0.400. The molecule has 4 heteroatoms. The lowest BCUT2D eigenvalue weighted by Gasteiger charge is -2.21. The summed E-state index contributed by atoms with van der Waals surface area (Å²) in [5.74, 6) is 0.810. The zero-order valence-electron chi connectivity index (χ0n) is 10.3. The molecule has 2 N–H and O–H groups in total. The molecule has 2 atom stereocenters. The van der Waals surface area contributed by atoms with Crippen molar-refractivity contribution in [2.24, 2.45) is 17.6 Å². The number of nitrogens with two attached hydrogens (primary N) is 1. The molecule has 0 saturated carbocycles. The summed E-state index contributed by atoms with van der Waals surface area (Å²) in [4.78, 5) is 0. The Kier molecular flexibility index (Phi) is 4.98. The van der Waals surface area contributed by atoms with Gasteiger partial charge in [0.25, 0.3) is 0 Å². The van der Waals surface area contributed by atoms with E-state index in [1.165, 1.54) is 0 Å². The quantitative estimate of drug-likeness (QED) is 0.928. The summed E-state index contributed by atoms with van der Waals surface area (Å²) in [5.41, 5.74) is 7.07. The van der Waals surface area contributed by atoms with Crippen LogP contribution in [0, 0.1) is 23.2 Å². The number of methoxy groups -OCH3 is 1. The Morgan fingerprint density at radius 3 is 2.47 bits per heavy atom. The maximum Gasteiger partial charge on any atom is 0.133 e. The molecule has 0 saturated heterocycles. The third-order valence-electron chi connectivity index (χ3n) is 2.81. The van der Waals surface area contributed by atoms with Gasteiger partial charge in [-0.1, -0.05) is 19.9 Å². The molecule has 0 bridgehead atoms. The van der Waals surface area contributed by atoms with Crippen molar-refractivity contribution >= 4 is 15.9 Å². The van der Waals surface area contributed by atoms with Crippen LogP contribution in [0.3, 0.4) is 0 Å². The third-order valence-corrected chi connectivity index (χ3v) is 3.43. The number of hydrogen-bond acceptors (Lipinski definition) is 3. The topological polar surface area (TPSA) is 59.0 Å². The molecule has 0 aromatic heterocycles. The number of benzene rings is 1. The average molecular weight is 297 g/mol. The Morgan fingerprint density at radius 2 is 2.06 bits per heavy atom. The number of rotatable bonds is 4. The Hall–Kier alpha value is -1.05. The fourth-order valence-corrected chi connectivity index (χ4v) is 2.30. The van der Waals surface area contributed by atoms with Crippen LogP contribution in [0.2, 0.25) is 0 Å². The second kappa shape index (κ2) is 6.04. The van der Waals surface area contributed by atoms with Gasteiger partial charge in [-0.2, -0.15) is 5.26 Å². The fourth-order valence-electron chi connectivity index (χ4n) is 1.74. The highest BCUT2D eigenvalue weighted by atomic mass is 79.9. The first kappa shape index (κ1) is 14.0. The first-order valence-electron chi connectivity index (χ1n) is 5.50. The summed E-state index contributed by atoms with van der Waals surface area (Å²) in [5, 5.41) is 9.13. The van der Waals surface area contributed by atoms with Gasteiger partial charge in [0.2, 0.25) is 0 Å². The molecule has 1 aromatic rings. The zero-order valence-corrected chi connectivity index (χ0v) is 11.9. The molecule has 0 aliphatic heterocycles. The zero-order chi connectivity index (χ0) is 13.0. The minimum absolute atomic E-state index is 0.185. The molecular formula is C13H17BrN2O. The number of halogens is 1. The van der Waals surface area contributed by atoms with E-state index >= 15 is 0 Å². The first-order valence-corrected chi connectivity index (χ1v) is 6.29. The summed E-state index contributed by atoms with van der Waals surface area (Å²) in [6.45, 7) is 4.01. The van der Waals surface area contributed by atoms with E-state index in [1.54, 1.807) is 7.11 Å². The summed E-state index contributed by atoms with van der Waals surface area (Å²) < 4.78 is 6.02. The van der Waals surface area contributed by atoms with E-state index < -0.39 is 0 Å². The van der Waals surface area contributed by atoms with Crippen LogP contribution in [0.25, 0.3) is 0 Å². The second-order valence-electron chi connectivity index (χ2n) is 4.32. The van der Waals surface area contributed by atoms with Gasteiger partial charge in [0.05, 0.1) is 23.6 Å². The Bertz CT molecular complexity index is 426. The summed E-state index contributed by atoms with van der Waals surface area (Å²) in [6.07, 6.45) is 0. The van der Waals surface area contributed by atoms with Crippen molar-refractivity contribution in [3.8, 4) is 11.8 Å². The van der Waals surface area contributed by atoms with E-state index in [0.29, 0.717) is 0 Å². The van der Waals surface area contributed by atoms with Gasteiger partial charge in [0.1, 0.15) is 5.75 Å². The van der Waals surface area contributed by atoms with Gasteiger partial charge in [-0.05, 0) is 39.5 Å². The molecule has 0 spiro atoms. The van der Waals surface area contributed by atoms with Crippen molar-refractivity contribution in [1.82, 2.24) is 0 Å². The van der Waals surface area contributed by atoms with E-state index in [4.69, 9.17) is 15.7 Å². The third kappa shape index (κ3) is 3.21. The van der Waals surface area contributed by atoms with E-state index in [1.807, 2.05) is 32.0 Å². The van der Waals surface area contributed by atoms with Crippen molar-refractivity contribution in [3.05, 3.63) is 28.2 Å². The molecule has 0 fully saturated rings. The van der Waals surface area contributed by atoms with Gasteiger partial charge in [0, 0.05) is 6.04 Å². The van der Waals surface area contributed by atoms with Crippen molar-refractivity contribution in [2.75, 3.05) is 7.11 Å². The van der Waals surface area contributed by atoms with Gasteiger partial charge < -0.3 is 10.5 Å². The van der Waals surface area contributed by atoms with Crippen molar-refractivity contribution in [2.45, 2.75) is 19.9 Å². The van der Waals surface area contributed by atoms with Gasteiger partial charge in [-0.15, -0.1) is 0 Å². The Labute approximate surface area is 111 Å². The monoisotopic (exact) mass is 296 g/mol. The summed E-state index contributed by atoms with van der Waals surface area (Å²) in [6, 6.07) is 7.67. The largest absolute Gasteiger partial charge is 0.496 e. The normalized spacial score (nSPS) is 14.2. The maximum absolute atomic E-state index is 9.13. The molecule has 0 aliphatic rings. The van der Waals surface area contributed by atoms with E-state index in [2.05, 4.69) is 22.0 Å². The number of ether oxygens (including phenoxy) is 1. The molecule has 0 aliphatic carbocycles. The smallest absolute Gasteiger partial charge is 0.133 e. The average Bonchev–Trinajstić information content (AvgIpc) is 2.29. The molecular weight excluding hydrogens is 280 g/mol. The van der Waals surface area contributed by atoms with Crippen LogP contribution in [0.4, 0.5) is 0 Å². The second-order valence-corrected chi connectivity index (χ2v) is 5.17. The van der Waals surface area contributed by atoms with Crippen molar-refractivity contribution < 1.29 is 4.74 Å². The molecule has 1 aromatic carbocycles. The van der Waals surface area contributed by atoms with E-state index in [9.17, 15) is 0 Å². The standard InChI is InChI=1S/C13H17BrN2O/c1-8(2)10(7-15)13(16)9-4-5-12(17-3)11(14)6-9/h4-6,8,10,13H,16H2,1-3H3. The van der Waals surface area contributed by atoms with E-state index in [0.717, 1.165) is 15.8 Å². The highest BCUT2D eigenvalue weighted by Gasteiger charge is 2.22. The minimum atomic E-state index is -0.276. The molecule has 1 rings (SSSR count). The van der Waals surface area contributed by atoms with Crippen LogP contribution in [0.5, 0.6) is 5.75 Å². The van der Waals surface area contributed by atoms with Crippen LogP contribution in [-0.2, 0) is 0 Å². The Balaban J connectivity index is 3.01. The molecule has 0 amide bonds.